The molecule has 106 valence electrons. The van der Waals surface area contributed by atoms with Crippen molar-refractivity contribution >= 4 is 12.4 Å². The molecule has 0 aliphatic rings. The highest BCUT2D eigenvalue weighted by atomic mass is 35.5. The molecule has 0 spiro atoms. The smallest absolute Gasteiger partial charge is 0.167 e. The number of nitrogens with one attached hydrogen (secondary N) is 1. The summed E-state index contributed by atoms with van der Waals surface area (Å²) in [4.78, 5) is 0. The van der Waals surface area contributed by atoms with Gasteiger partial charge in [-0.2, -0.15) is 0 Å². The minimum Gasteiger partial charge on any atom is -0.493 e. The standard InChI is InChI=1S/C15H21NO2.ClH/c1-5-10-18-15-13(11-16-12(3)6-2)8-7-9-14(15)17-4;/h1,7-9,12,16H,6,10-11H2,2-4H3;1H. The number of ether oxygens (including phenoxy) is 2. The van der Waals surface area contributed by atoms with E-state index >= 15 is 0 Å². The topological polar surface area (TPSA) is 30.5 Å². The molecule has 4 heteroatoms. The Kier molecular flexibility index (Phi) is 8.86. The maximum Gasteiger partial charge on any atom is 0.167 e. The first-order valence-electron chi connectivity index (χ1n) is 6.18. The van der Waals surface area contributed by atoms with Crippen molar-refractivity contribution in [1.29, 1.82) is 0 Å². The van der Waals surface area contributed by atoms with Gasteiger partial charge in [0, 0.05) is 18.2 Å². The third-order valence-electron chi connectivity index (χ3n) is 2.83. The summed E-state index contributed by atoms with van der Waals surface area (Å²) < 4.78 is 10.9. The molecule has 1 unspecified atom stereocenters. The number of hydrogen-bond acceptors (Lipinski definition) is 3. The van der Waals surface area contributed by atoms with Crippen molar-refractivity contribution in [1.82, 2.24) is 5.32 Å². The molecule has 1 aromatic carbocycles. The Morgan fingerprint density at radius 1 is 1.42 bits per heavy atom. The molecule has 0 bridgehead atoms. The molecule has 19 heavy (non-hydrogen) atoms. The van der Waals surface area contributed by atoms with Gasteiger partial charge in [-0.3, -0.25) is 0 Å². The average molecular weight is 284 g/mol. The van der Waals surface area contributed by atoms with E-state index in [1.807, 2.05) is 18.2 Å². The van der Waals surface area contributed by atoms with Crippen LogP contribution in [0.1, 0.15) is 25.8 Å². The average Bonchev–Trinajstić information content (AvgIpc) is 2.42. The van der Waals surface area contributed by atoms with Crippen LogP contribution in [0.5, 0.6) is 11.5 Å². The maximum atomic E-state index is 5.57. The summed E-state index contributed by atoms with van der Waals surface area (Å²) in [5.41, 5.74) is 1.06. The third kappa shape index (κ3) is 5.42. The van der Waals surface area contributed by atoms with E-state index in [1.165, 1.54) is 0 Å². The van der Waals surface area contributed by atoms with Gasteiger partial charge >= 0.3 is 0 Å². The van der Waals surface area contributed by atoms with E-state index in [2.05, 4.69) is 25.1 Å². The van der Waals surface area contributed by atoms with E-state index in [0.29, 0.717) is 11.8 Å². The van der Waals surface area contributed by atoms with Crippen molar-refractivity contribution in [2.45, 2.75) is 32.9 Å². The molecule has 0 heterocycles. The number of hydrogen-bond donors (Lipinski definition) is 1. The summed E-state index contributed by atoms with van der Waals surface area (Å²) in [5, 5.41) is 3.43. The minimum absolute atomic E-state index is 0. The van der Waals surface area contributed by atoms with Gasteiger partial charge in [-0.25, -0.2) is 0 Å². The first kappa shape index (κ1) is 17.6. The molecule has 0 saturated carbocycles. The van der Waals surface area contributed by atoms with Gasteiger partial charge in [0.25, 0.3) is 0 Å². The van der Waals surface area contributed by atoms with Gasteiger partial charge in [0.1, 0.15) is 6.61 Å². The molecule has 1 aromatic rings. The summed E-state index contributed by atoms with van der Waals surface area (Å²) >= 11 is 0. The summed E-state index contributed by atoms with van der Waals surface area (Å²) in [6.07, 6.45) is 6.32. The molecule has 1 atom stereocenters. The molecule has 1 rings (SSSR count). The second-order valence-electron chi connectivity index (χ2n) is 4.13. The second kappa shape index (κ2) is 9.55. The summed E-state index contributed by atoms with van der Waals surface area (Å²) in [6.45, 7) is 5.30. The highest BCUT2D eigenvalue weighted by molar-refractivity contribution is 5.85. The lowest BCUT2D eigenvalue weighted by Gasteiger charge is -2.16. The van der Waals surface area contributed by atoms with Gasteiger partial charge in [-0.05, 0) is 19.4 Å². The van der Waals surface area contributed by atoms with E-state index < -0.39 is 0 Å². The lowest BCUT2D eigenvalue weighted by molar-refractivity contribution is 0.326. The van der Waals surface area contributed by atoms with Gasteiger partial charge in [0.15, 0.2) is 11.5 Å². The zero-order chi connectivity index (χ0) is 13.4. The summed E-state index contributed by atoms with van der Waals surface area (Å²) in [7, 11) is 1.63. The molecule has 0 radical (unpaired) electrons. The van der Waals surface area contributed by atoms with Crippen molar-refractivity contribution in [3.8, 4) is 23.8 Å². The molecule has 1 N–H and O–H groups in total. The van der Waals surface area contributed by atoms with E-state index in [9.17, 15) is 0 Å². The minimum atomic E-state index is 0. The molecule has 0 amide bonds. The fourth-order valence-corrected chi connectivity index (χ4v) is 1.57. The number of halogens is 1. The van der Waals surface area contributed by atoms with E-state index in [0.717, 1.165) is 24.3 Å². The first-order chi connectivity index (χ1) is 8.72. The van der Waals surface area contributed by atoms with Crippen molar-refractivity contribution in [2.24, 2.45) is 0 Å². The SMILES string of the molecule is C#CCOc1c(CNC(C)CC)cccc1OC.Cl. The Labute approximate surface area is 122 Å². The van der Waals surface area contributed by atoms with Crippen molar-refractivity contribution in [3.63, 3.8) is 0 Å². The van der Waals surface area contributed by atoms with Gasteiger partial charge < -0.3 is 14.8 Å². The fraction of sp³-hybridized carbons (Fsp3) is 0.467. The van der Waals surface area contributed by atoms with Crippen LogP contribution in [0.4, 0.5) is 0 Å². The number of terminal acetylenes is 1. The monoisotopic (exact) mass is 283 g/mol. The Bertz CT molecular complexity index is 415. The van der Waals surface area contributed by atoms with E-state index in [1.54, 1.807) is 7.11 Å². The first-order valence-corrected chi connectivity index (χ1v) is 6.18. The van der Waals surface area contributed by atoms with Crippen molar-refractivity contribution in [3.05, 3.63) is 23.8 Å². The number of methoxy groups -OCH3 is 1. The zero-order valence-electron chi connectivity index (χ0n) is 11.7. The highest BCUT2D eigenvalue weighted by Crippen LogP contribution is 2.31. The molecule has 0 fully saturated rings. The van der Waals surface area contributed by atoms with Crippen LogP contribution in [0.25, 0.3) is 0 Å². The lowest BCUT2D eigenvalue weighted by Crippen LogP contribution is -2.24. The number of rotatable bonds is 7. The summed E-state index contributed by atoms with van der Waals surface area (Å²) in [6, 6.07) is 6.31. The van der Waals surface area contributed by atoms with Crippen LogP contribution in [-0.2, 0) is 6.54 Å². The lowest BCUT2D eigenvalue weighted by atomic mass is 10.1. The highest BCUT2D eigenvalue weighted by Gasteiger charge is 2.10. The molecule has 0 saturated heterocycles. The van der Waals surface area contributed by atoms with Crippen LogP contribution in [-0.4, -0.2) is 19.8 Å². The van der Waals surface area contributed by atoms with Crippen LogP contribution < -0.4 is 14.8 Å². The Morgan fingerprint density at radius 2 is 2.16 bits per heavy atom. The molecular formula is C15H22ClNO2. The largest absolute Gasteiger partial charge is 0.493 e. The molecule has 0 aromatic heterocycles. The molecule has 0 aliphatic carbocycles. The second-order valence-corrected chi connectivity index (χ2v) is 4.13. The predicted molar refractivity (Wildman–Crippen MR) is 81.2 cm³/mol. The van der Waals surface area contributed by atoms with E-state index in [4.69, 9.17) is 15.9 Å². The predicted octanol–water partition coefficient (Wildman–Crippen LogP) is 3.02. The fourth-order valence-electron chi connectivity index (χ4n) is 1.57. The summed E-state index contributed by atoms with van der Waals surface area (Å²) in [5.74, 6) is 3.92. The molecule has 3 nitrogen and oxygen atoms in total. The van der Waals surface area contributed by atoms with Crippen LogP contribution in [0.2, 0.25) is 0 Å². The van der Waals surface area contributed by atoms with E-state index in [-0.39, 0.29) is 19.0 Å². The van der Waals surface area contributed by atoms with Gasteiger partial charge in [0.2, 0.25) is 0 Å². The van der Waals surface area contributed by atoms with Crippen molar-refractivity contribution in [2.75, 3.05) is 13.7 Å². The Hall–Kier alpha value is -1.37. The van der Waals surface area contributed by atoms with Gasteiger partial charge in [0.05, 0.1) is 7.11 Å². The third-order valence-corrected chi connectivity index (χ3v) is 2.83. The number of para-hydroxylation sites is 1. The van der Waals surface area contributed by atoms with Gasteiger partial charge in [-0.15, -0.1) is 18.8 Å². The number of benzene rings is 1. The zero-order valence-corrected chi connectivity index (χ0v) is 12.5. The molecule has 0 aliphatic heterocycles. The van der Waals surface area contributed by atoms with Crippen LogP contribution in [0.15, 0.2) is 18.2 Å². The van der Waals surface area contributed by atoms with Crippen LogP contribution >= 0.6 is 12.4 Å². The maximum absolute atomic E-state index is 5.57. The normalized spacial score (nSPS) is 11.1. The molecular weight excluding hydrogens is 262 g/mol. The Morgan fingerprint density at radius 3 is 2.74 bits per heavy atom. The van der Waals surface area contributed by atoms with Crippen LogP contribution in [0, 0.1) is 12.3 Å². The quantitative estimate of drug-likeness (QED) is 0.781. The van der Waals surface area contributed by atoms with Crippen molar-refractivity contribution < 1.29 is 9.47 Å². The van der Waals surface area contributed by atoms with Crippen LogP contribution in [0.3, 0.4) is 0 Å². The van der Waals surface area contributed by atoms with Gasteiger partial charge in [-0.1, -0.05) is 25.0 Å². The Balaban J connectivity index is 0.00000324.